The fourth-order valence-electron chi connectivity index (χ4n) is 3.57. The monoisotopic (exact) mass is 264 g/mol. The third-order valence-electron chi connectivity index (χ3n) is 4.52. The summed E-state index contributed by atoms with van der Waals surface area (Å²) in [5.74, 6) is 1.41. The van der Waals surface area contributed by atoms with Crippen molar-refractivity contribution >= 4 is 17.3 Å². The van der Waals surface area contributed by atoms with Crippen LogP contribution in [0.3, 0.4) is 0 Å². The lowest BCUT2D eigenvalue weighted by atomic mass is 9.88. The highest BCUT2D eigenvalue weighted by Crippen LogP contribution is 2.43. The van der Waals surface area contributed by atoms with Crippen molar-refractivity contribution in [1.82, 2.24) is 4.90 Å². The lowest BCUT2D eigenvalue weighted by Gasteiger charge is -2.37. The minimum atomic E-state index is 0.668. The first kappa shape index (κ1) is 12.3. The fourth-order valence-corrected chi connectivity index (χ4v) is 3.81. The second-order valence-corrected chi connectivity index (χ2v) is 6.00. The Morgan fingerprint density at radius 2 is 2.22 bits per heavy atom. The average molecular weight is 265 g/mol. The quantitative estimate of drug-likeness (QED) is 0.758. The molecule has 2 unspecified atom stereocenters. The number of piperidine rings is 1. The second kappa shape index (κ2) is 4.75. The molecule has 98 valence electrons. The number of likely N-dealkylation sites (tertiary alicyclic amines) is 1. The Morgan fingerprint density at radius 3 is 3.00 bits per heavy atom. The second-order valence-electron chi connectivity index (χ2n) is 5.63. The molecule has 1 fully saturated rings. The van der Waals surface area contributed by atoms with Crippen molar-refractivity contribution in [2.75, 3.05) is 37.5 Å². The maximum atomic E-state index is 5.88. The molecule has 2 atom stereocenters. The zero-order valence-electron chi connectivity index (χ0n) is 11.2. The molecule has 2 heterocycles. The Morgan fingerprint density at radius 1 is 1.39 bits per heavy atom. The Bertz CT molecular complexity index is 446. The molecule has 2 aliphatic heterocycles. The number of aryl methyl sites for hydroxylation is 1. The van der Waals surface area contributed by atoms with Crippen molar-refractivity contribution < 1.29 is 0 Å². The molecule has 0 aromatic heterocycles. The number of halogens is 1. The van der Waals surface area contributed by atoms with Crippen LogP contribution in [0.5, 0.6) is 0 Å². The van der Waals surface area contributed by atoms with Gasteiger partial charge in [0.05, 0.1) is 0 Å². The van der Waals surface area contributed by atoms with Gasteiger partial charge in [-0.3, -0.25) is 0 Å². The number of hydrogen-bond donors (Lipinski definition) is 0. The van der Waals surface area contributed by atoms with Crippen molar-refractivity contribution in [3.8, 4) is 0 Å². The molecule has 1 saturated heterocycles. The summed E-state index contributed by atoms with van der Waals surface area (Å²) < 4.78 is 0. The van der Waals surface area contributed by atoms with Crippen molar-refractivity contribution in [2.24, 2.45) is 0 Å². The lowest BCUT2D eigenvalue weighted by molar-refractivity contribution is 0.205. The minimum Gasteiger partial charge on any atom is -0.371 e. The van der Waals surface area contributed by atoms with Crippen LogP contribution >= 0.6 is 11.6 Å². The maximum absolute atomic E-state index is 5.88. The summed E-state index contributed by atoms with van der Waals surface area (Å²) in [6, 6.07) is 7.58. The molecule has 2 aliphatic rings. The van der Waals surface area contributed by atoms with Crippen LogP contribution < -0.4 is 4.90 Å². The molecule has 1 aromatic rings. The van der Waals surface area contributed by atoms with Gasteiger partial charge in [0.25, 0.3) is 0 Å². The van der Waals surface area contributed by atoms with E-state index in [2.05, 4.69) is 42.0 Å². The van der Waals surface area contributed by atoms with Crippen LogP contribution in [0.15, 0.2) is 18.2 Å². The number of alkyl halides is 1. The summed E-state index contributed by atoms with van der Waals surface area (Å²) in [5, 5.41) is 0. The van der Waals surface area contributed by atoms with Gasteiger partial charge in [-0.2, -0.15) is 0 Å². The molecular formula is C15H21ClN2. The topological polar surface area (TPSA) is 6.48 Å². The Labute approximate surface area is 115 Å². The average Bonchev–Trinajstić information content (AvgIpc) is 2.63. The molecule has 0 amide bonds. The van der Waals surface area contributed by atoms with Gasteiger partial charge in [-0.05, 0) is 25.0 Å². The molecule has 0 bridgehead atoms. The first-order valence-electron chi connectivity index (χ1n) is 6.82. The van der Waals surface area contributed by atoms with E-state index in [0.29, 0.717) is 12.0 Å². The van der Waals surface area contributed by atoms with Gasteiger partial charge in [-0.15, -0.1) is 11.6 Å². The highest BCUT2D eigenvalue weighted by molar-refractivity contribution is 6.18. The number of fused-ring (bicyclic) bond motifs is 3. The Hall–Kier alpha value is -0.730. The van der Waals surface area contributed by atoms with E-state index in [1.54, 1.807) is 5.56 Å². The molecule has 0 N–H and O–H groups in total. The number of nitrogens with zero attached hydrogens (tertiary/aromatic N) is 2. The third kappa shape index (κ3) is 1.92. The molecule has 0 spiro atoms. The fraction of sp³-hybridized carbons (Fsp3) is 0.600. The summed E-state index contributed by atoms with van der Waals surface area (Å²) in [7, 11) is 2.25. The van der Waals surface area contributed by atoms with Gasteiger partial charge in [0.2, 0.25) is 0 Å². The van der Waals surface area contributed by atoms with E-state index in [1.165, 1.54) is 24.2 Å². The highest BCUT2D eigenvalue weighted by Gasteiger charge is 2.39. The van der Waals surface area contributed by atoms with Gasteiger partial charge < -0.3 is 9.80 Å². The largest absolute Gasteiger partial charge is 0.371 e. The zero-order valence-corrected chi connectivity index (χ0v) is 12.0. The van der Waals surface area contributed by atoms with E-state index in [1.807, 2.05) is 0 Å². The number of likely N-dealkylation sites (N-methyl/N-ethyl adjacent to an activating group) is 1. The first-order valence-corrected chi connectivity index (χ1v) is 7.36. The molecule has 0 radical (unpaired) electrons. The van der Waals surface area contributed by atoms with E-state index in [-0.39, 0.29) is 0 Å². The Kier molecular flexibility index (Phi) is 3.25. The highest BCUT2D eigenvalue weighted by atomic mass is 35.5. The van der Waals surface area contributed by atoms with Crippen molar-refractivity contribution in [3.63, 3.8) is 0 Å². The van der Waals surface area contributed by atoms with Crippen LogP contribution in [0.2, 0.25) is 0 Å². The summed E-state index contributed by atoms with van der Waals surface area (Å²) in [6.07, 6.45) is 1.26. The van der Waals surface area contributed by atoms with Crippen LogP contribution in [0.1, 0.15) is 23.5 Å². The SMILES string of the molecule is Cc1ccc2c(c1)C1CN(CCCl)CCC1N2C. The molecule has 18 heavy (non-hydrogen) atoms. The number of anilines is 1. The number of rotatable bonds is 2. The van der Waals surface area contributed by atoms with Crippen molar-refractivity contribution in [2.45, 2.75) is 25.3 Å². The number of hydrogen-bond acceptors (Lipinski definition) is 2. The standard InChI is InChI=1S/C15H21ClN2/c1-11-3-4-14-12(9-11)13-10-18(8-6-16)7-5-15(13)17(14)2/h3-4,9,13,15H,5-8,10H2,1-2H3. The van der Waals surface area contributed by atoms with E-state index in [4.69, 9.17) is 11.6 Å². The molecule has 3 rings (SSSR count). The van der Waals surface area contributed by atoms with Gasteiger partial charge >= 0.3 is 0 Å². The van der Waals surface area contributed by atoms with E-state index < -0.39 is 0 Å². The summed E-state index contributed by atoms with van der Waals surface area (Å²) in [5.41, 5.74) is 4.35. The normalized spacial score (nSPS) is 27.2. The van der Waals surface area contributed by atoms with Crippen LogP contribution in [0.25, 0.3) is 0 Å². The van der Waals surface area contributed by atoms with Crippen LogP contribution in [0.4, 0.5) is 5.69 Å². The lowest BCUT2D eigenvalue weighted by Crippen LogP contribution is -2.45. The molecule has 1 aromatic carbocycles. The van der Waals surface area contributed by atoms with Gasteiger partial charge in [-0.25, -0.2) is 0 Å². The van der Waals surface area contributed by atoms with Gasteiger partial charge in [0.1, 0.15) is 0 Å². The molecule has 2 nitrogen and oxygen atoms in total. The van der Waals surface area contributed by atoms with Crippen molar-refractivity contribution in [3.05, 3.63) is 29.3 Å². The summed E-state index contributed by atoms with van der Waals surface area (Å²) >= 11 is 5.88. The minimum absolute atomic E-state index is 0.668. The molecule has 3 heteroatoms. The smallest absolute Gasteiger partial charge is 0.0403 e. The maximum Gasteiger partial charge on any atom is 0.0403 e. The number of benzene rings is 1. The van der Waals surface area contributed by atoms with E-state index in [0.717, 1.165) is 19.0 Å². The van der Waals surface area contributed by atoms with E-state index >= 15 is 0 Å². The Balaban J connectivity index is 1.90. The predicted molar refractivity (Wildman–Crippen MR) is 77.9 cm³/mol. The predicted octanol–water partition coefficient (Wildman–Crippen LogP) is 2.84. The van der Waals surface area contributed by atoms with Crippen molar-refractivity contribution in [1.29, 1.82) is 0 Å². The summed E-state index contributed by atoms with van der Waals surface area (Å²) in [4.78, 5) is 5.00. The van der Waals surface area contributed by atoms with Gasteiger partial charge in [0, 0.05) is 50.2 Å². The summed E-state index contributed by atoms with van der Waals surface area (Å²) in [6.45, 7) is 5.56. The van der Waals surface area contributed by atoms with E-state index in [9.17, 15) is 0 Å². The van der Waals surface area contributed by atoms with Gasteiger partial charge in [0.15, 0.2) is 0 Å². The third-order valence-corrected chi connectivity index (χ3v) is 4.69. The first-order chi connectivity index (χ1) is 8.70. The molecular weight excluding hydrogens is 244 g/mol. The van der Waals surface area contributed by atoms with Crippen LogP contribution in [0, 0.1) is 6.92 Å². The zero-order chi connectivity index (χ0) is 12.7. The van der Waals surface area contributed by atoms with Crippen LogP contribution in [-0.4, -0.2) is 43.5 Å². The molecule has 0 aliphatic carbocycles. The molecule has 0 saturated carbocycles. The van der Waals surface area contributed by atoms with Gasteiger partial charge in [-0.1, -0.05) is 17.7 Å². The van der Waals surface area contributed by atoms with Crippen LogP contribution in [-0.2, 0) is 0 Å².